The van der Waals surface area contributed by atoms with E-state index in [1.165, 1.54) is 5.56 Å². The highest BCUT2D eigenvalue weighted by Crippen LogP contribution is 2.18. The molecule has 0 radical (unpaired) electrons. The zero-order valence-electron chi connectivity index (χ0n) is 13.6. The lowest BCUT2D eigenvalue weighted by molar-refractivity contribution is -0.120. The van der Waals surface area contributed by atoms with Gasteiger partial charge in [-0.3, -0.25) is 4.79 Å². The smallest absolute Gasteiger partial charge is 0.233 e. The van der Waals surface area contributed by atoms with Crippen LogP contribution in [0.3, 0.4) is 0 Å². The highest BCUT2D eigenvalue weighted by Gasteiger charge is 2.13. The summed E-state index contributed by atoms with van der Waals surface area (Å²) in [6, 6.07) is 16.0. The molecule has 1 unspecified atom stereocenters. The lowest BCUT2D eigenvalue weighted by atomic mass is 10.1. The first kappa shape index (κ1) is 17.6. The Labute approximate surface area is 142 Å². The third-order valence-electron chi connectivity index (χ3n) is 3.66. The molecular weight excluding hydrogens is 306 g/mol. The zero-order chi connectivity index (χ0) is 16.7. The topological polar surface area (TPSA) is 49.3 Å². The quantitative estimate of drug-likeness (QED) is 0.818. The number of aliphatic hydroxyl groups excluding tert-OH is 1. The molecule has 0 aliphatic heterocycles. The Morgan fingerprint density at radius 3 is 2.22 bits per heavy atom. The maximum absolute atomic E-state index is 12.1. The van der Waals surface area contributed by atoms with Crippen molar-refractivity contribution in [2.45, 2.75) is 38.0 Å². The Morgan fingerprint density at radius 1 is 1.04 bits per heavy atom. The van der Waals surface area contributed by atoms with Crippen molar-refractivity contribution in [2.24, 2.45) is 0 Å². The van der Waals surface area contributed by atoms with Gasteiger partial charge in [0.15, 0.2) is 0 Å². The standard InChI is InChI=1S/C19H23NO2S/c1-14-3-5-16(6-4-14)11-20-19(22)15(2)23-13-18-9-7-17(12-21)8-10-18/h3-10,15,21H,11-13H2,1-2H3,(H,20,22). The Bertz CT molecular complexity index is 623. The molecule has 0 fully saturated rings. The fourth-order valence-electron chi connectivity index (χ4n) is 2.08. The van der Waals surface area contributed by atoms with Crippen molar-refractivity contribution in [3.05, 3.63) is 70.8 Å². The van der Waals surface area contributed by atoms with Gasteiger partial charge in [-0.05, 0) is 30.5 Å². The first-order valence-electron chi connectivity index (χ1n) is 7.72. The summed E-state index contributed by atoms with van der Waals surface area (Å²) in [6.07, 6.45) is 0. The number of hydrogen-bond acceptors (Lipinski definition) is 3. The second-order valence-corrected chi connectivity index (χ2v) is 6.96. The fourth-order valence-corrected chi connectivity index (χ4v) is 2.95. The first-order valence-corrected chi connectivity index (χ1v) is 8.77. The number of carbonyl (C=O) groups is 1. The molecule has 0 bridgehead atoms. The van der Waals surface area contributed by atoms with E-state index in [0.29, 0.717) is 6.54 Å². The predicted molar refractivity (Wildman–Crippen MR) is 96.1 cm³/mol. The summed E-state index contributed by atoms with van der Waals surface area (Å²) in [5.41, 5.74) is 4.39. The van der Waals surface area contributed by atoms with E-state index in [9.17, 15) is 4.79 Å². The summed E-state index contributed by atoms with van der Waals surface area (Å²) in [6.45, 7) is 4.60. The van der Waals surface area contributed by atoms with Gasteiger partial charge in [-0.2, -0.15) is 0 Å². The predicted octanol–water partition coefficient (Wildman–Crippen LogP) is 3.43. The Balaban J connectivity index is 1.76. The van der Waals surface area contributed by atoms with Crippen molar-refractivity contribution in [3.63, 3.8) is 0 Å². The average molecular weight is 329 g/mol. The molecule has 122 valence electrons. The summed E-state index contributed by atoms with van der Waals surface area (Å²) in [5.74, 6) is 0.840. The van der Waals surface area contributed by atoms with Crippen molar-refractivity contribution in [1.82, 2.24) is 5.32 Å². The van der Waals surface area contributed by atoms with E-state index in [4.69, 9.17) is 5.11 Å². The number of benzene rings is 2. The second kappa shape index (κ2) is 8.75. The number of hydrogen-bond donors (Lipinski definition) is 2. The molecule has 2 N–H and O–H groups in total. The van der Waals surface area contributed by atoms with Gasteiger partial charge in [0, 0.05) is 12.3 Å². The molecule has 3 nitrogen and oxygen atoms in total. The van der Waals surface area contributed by atoms with Crippen LogP contribution in [-0.4, -0.2) is 16.3 Å². The van der Waals surface area contributed by atoms with Crippen LogP contribution in [0, 0.1) is 6.92 Å². The van der Waals surface area contributed by atoms with E-state index in [1.807, 2.05) is 50.2 Å². The van der Waals surface area contributed by atoms with Crippen LogP contribution in [0.2, 0.25) is 0 Å². The lowest BCUT2D eigenvalue weighted by Crippen LogP contribution is -2.30. The number of carbonyl (C=O) groups excluding carboxylic acids is 1. The van der Waals surface area contributed by atoms with E-state index in [0.717, 1.165) is 22.4 Å². The number of aliphatic hydroxyl groups is 1. The molecule has 0 aromatic heterocycles. The van der Waals surface area contributed by atoms with Gasteiger partial charge < -0.3 is 10.4 Å². The van der Waals surface area contributed by atoms with Gasteiger partial charge in [-0.15, -0.1) is 11.8 Å². The number of thioether (sulfide) groups is 1. The van der Waals surface area contributed by atoms with Crippen LogP contribution in [0.25, 0.3) is 0 Å². The minimum Gasteiger partial charge on any atom is -0.392 e. The molecule has 2 aromatic carbocycles. The van der Waals surface area contributed by atoms with Crippen molar-refractivity contribution >= 4 is 17.7 Å². The SMILES string of the molecule is Cc1ccc(CNC(=O)C(C)SCc2ccc(CO)cc2)cc1. The van der Waals surface area contributed by atoms with Gasteiger partial charge in [0.25, 0.3) is 0 Å². The lowest BCUT2D eigenvalue weighted by Gasteiger charge is -2.12. The van der Waals surface area contributed by atoms with Gasteiger partial charge in [0.2, 0.25) is 5.91 Å². The van der Waals surface area contributed by atoms with Crippen LogP contribution in [0.1, 0.15) is 29.2 Å². The third kappa shape index (κ3) is 5.73. The van der Waals surface area contributed by atoms with E-state index in [-0.39, 0.29) is 17.8 Å². The molecule has 23 heavy (non-hydrogen) atoms. The zero-order valence-corrected chi connectivity index (χ0v) is 14.4. The summed E-state index contributed by atoms with van der Waals surface area (Å²) >= 11 is 1.61. The van der Waals surface area contributed by atoms with Crippen LogP contribution in [0.5, 0.6) is 0 Å². The van der Waals surface area contributed by atoms with Gasteiger partial charge in [-0.25, -0.2) is 0 Å². The highest BCUT2D eigenvalue weighted by molar-refractivity contribution is 7.99. The van der Waals surface area contributed by atoms with Crippen LogP contribution < -0.4 is 5.32 Å². The fraction of sp³-hybridized carbons (Fsp3) is 0.316. The van der Waals surface area contributed by atoms with Crippen LogP contribution in [0.4, 0.5) is 0 Å². The van der Waals surface area contributed by atoms with Gasteiger partial charge in [0.1, 0.15) is 0 Å². The average Bonchev–Trinajstić information content (AvgIpc) is 2.59. The minimum atomic E-state index is -0.0991. The molecule has 2 aromatic rings. The summed E-state index contributed by atoms with van der Waals surface area (Å²) < 4.78 is 0. The summed E-state index contributed by atoms with van der Waals surface area (Å²) in [5, 5.41) is 11.9. The molecule has 1 atom stereocenters. The second-order valence-electron chi connectivity index (χ2n) is 5.63. The van der Waals surface area contributed by atoms with Gasteiger partial charge in [-0.1, -0.05) is 54.1 Å². The number of aryl methyl sites for hydroxylation is 1. The van der Waals surface area contributed by atoms with E-state index >= 15 is 0 Å². The number of rotatable bonds is 7. The molecule has 4 heteroatoms. The largest absolute Gasteiger partial charge is 0.392 e. The summed E-state index contributed by atoms with van der Waals surface area (Å²) in [7, 11) is 0. The third-order valence-corrected chi connectivity index (χ3v) is 4.88. The molecule has 0 spiro atoms. The highest BCUT2D eigenvalue weighted by atomic mass is 32.2. The Morgan fingerprint density at radius 2 is 1.61 bits per heavy atom. The van der Waals surface area contributed by atoms with Crippen LogP contribution in [-0.2, 0) is 23.7 Å². The molecule has 0 aliphatic carbocycles. The molecule has 0 saturated heterocycles. The van der Waals surface area contributed by atoms with Crippen molar-refractivity contribution in [2.75, 3.05) is 0 Å². The molecule has 1 amide bonds. The van der Waals surface area contributed by atoms with Crippen LogP contribution >= 0.6 is 11.8 Å². The summed E-state index contributed by atoms with van der Waals surface area (Å²) in [4.78, 5) is 12.1. The number of amides is 1. The molecule has 0 heterocycles. The number of nitrogens with one attached hydrogen (secondary N) is 1. The molecule has 0 aliphatic rings. The molecule has 0 saturated carbocycles. The van der Waals surface area contributed by atoms with Crippen LogP contribution in [0.15, 0.2) is 48.5 Å². The van der Waals surface area contributed by atoms with E-state index in [1.54, 1.807) is 11.8 Å². The van der Waals surface area contributed by atoms with E-state index < -0.39 is 0 Å². The van der Waals surface area contributed by atoms with E-state index in [2.05, 4.69) is 17.4 Å². The van der Waals surface area contributed by atoms with Crippen molar-refractivity contribution in [3.8, 4) is 0 Å². The monoisotopic (exact) mass is 329 g/mol. The molecule has 2 rings (SSSR count). The minimum absolute atomic E-state index is 0.0579. The van der Waals surface area contributed by atoms with Gasteiger partial charge in [0.05, 0.1) is 11.9 Å². The first-order chi connectivity index (χ1) is 11.1. The maximum Gasteiger partial charge on any atom is 0.233 e. The Hall–Kier alpha value is -1.78. The van der Waals surface area contributed by atoms with Gasteiger partial charge >= 0.3 is 0 Å². The van der Waals surface area contributed by atoms with Crippen molar-refractivity contribution < 1.29 is 9.90 Å². The Kier molecular flexibility index (Phi) is 6.68. The van der Waals surface area contributed by atoms with Crippen molar-refractivity contribution in [1.29, 1.82) is 0 Å². The maximum atomic E-state index is 12.1. The molecular formula is C19H23NO2S. The normalized spacial score (nSPS) is 12.0.